The van der Waals surface area contributed by atoms with Crippen molar-refractivity contribution in [3.8, 4) is 11.5 Å². The number of carbonyl (C=O) groups is 2. The number of anilines is 1. The summed E-state index contributed by atoms with van der Waals surface area (Å²) < 4.78 is 17.2. The molecule has 0 unspecified atom stereocenters. The lowest BCUT2D eigenvalue weighted by molar-refractivity contribution is -0.117. The Balaban J connectivity index is 1.18. The van der Waals surface area contributed by atoms with Gasteiger partial charge in [-0.25, -0.2) is 0 Å². The number of carbonyl (C=O) groups excluding carboxylic acids is 2. The summed E-state index contributed by atoms with van der Waals surface area (Å²) in [5.41, 5.74) is 1.40. The minimum Gasteiger partial charge on any atom is -0.485 e. The van der Waals surface area contributed by atoms with Gasteiger partial charge >= 0.3 is 0 Å². The van der Waals surface area contributed by atoms with Crippen molar-refractivity contribution in [2.45, 2.75) is 24.2 Å². The molecule has 3 heterocycles. The summed E-state index contributed by atoms with van der Waals surface area (Å²) in [7, 11) is 0. The van der Waals surface area contributed by atoms with Gasteiger partial charge in [-0.05, 0) is 42.8 Å². The van der Waals surface area contributed by atoms with Gasteiger partial charge in [-0.3, -0.25) is 9.59 Å². The second-order valence-corrected chi connectivity index (χ2v) is 8.10. The molecule has 158 valence electrons. The van der Waals surface area contributed by atoms with E-state index >= 15 is 0 Å². The van der Waals surface area contributed by atoms with Crippen LogP contribution in [0.15, 0.2) is 58.2 Å². The Morgan fingerprint density at radius 2 is 1.90 bits per heavy atom. The van der Waals surface area contributed by atoms with Crippen LogP contribution < -0.4 is 14.4 Å². The molecule has 8 nitrogen and oxygen atoms in total. The Morgan fingerprint density at radius 1 is 1.10 bits per heavy atom. The molecule has 1 aromatic heterocycles. The molecule has 1 atom stereocenters. The maximum atomic E-state index is 12.5. The molecule has 2 aromatic carbocycles. The van der Waals surface area contributed by atoms with Crippen LogP contribution in [0.2, 0.25) is 0 Å². The van der Waals surface area contributed by atoms with Crippen molar-refractivity contribution < 1.29 is 23.5 Å². The predicted molar refractivity (Wildman–Crippen MR) is 113 cm³/mol. The third-order valence-electron chi connectivity index (χ3n) is 5.11. The van der Waals surface area contributed by atoms with Crippen molar-refractivity contribution >= 4 is 29.1 Å². The number of ether oxygens (including phenoxy) is 2. The van der Waals surface area contributed by atoms with Crippen LogP contribution in [-0.4, -0.2) is 40.8 Å². The van der Waals surface area contributed by atoms with Crippen LogP contribution in [0.3, 0.4) is 0 Å². The number of amides is 1. The van der Waals surface area contributed by atoms with E-state index in [0.29, 0.717) is 34.6 Å². The van der Waals surface area contributed by atoms with Crippen molar-refractivity contribution in [2.24, 2.45) is 0 Å². The number of rotatable bonds is 6. The largest absolute Gasteiger partial charge is 0.485 e. The average Bonchev–Trinajstić information content (AvgIpc) is 3.46. The first kappa shape index (κ1) is 19.6. The molecule has 2 aliphatic heterocycles. The smallest absolute Gasteiger partial charge is 0.277 e. The predicted octanol–water partition coefficient (Wildman–Crippen LogP) is 3.68. The first-order chi connectivity index (χ1) is 15.2. The van der Waals surface area contributed by atoms with Gasteiger partial charge in [0.15, 0.2) is 17.3 Å². The van der Waals surface area contributed by atoms with E-state index in [4.69, 9.17) is 13.9 Å². The Labute approximate surface area is 182 Å². The van der Waals surface area contributed by atoms with Gasteiger partial charge < -0.3 is 18.8 Å². The van der Waals surface area contributed by atoms with E-state index in [1.165, 1.54) is 11.8 Å². The number of hydrogen-bond acceptors (Lipinski definition) is 8. The average molecular weight is 437 g/mol. The molecule has 9 heteroatoms. The lowest BCUT2D eigenvalue weighted by Gasteiger charge is -2.23. The standard InChI is InChI=1S/C22H19N3O5S/c26-16(14-7-9-15(10-8-14)25-11-3-6-20(25)27)13-31-22-24-23-21(30-22)19-12-28-17-4-1-2-5-18(17)29-19/h1-2,4-5,7-10,19H,3,6,11-13H2/t19-/m1/s1. The summed E-state index contributed by atoms with van der Waals surface area (Å²) in [4.78, 5) is 26.1. The van der Waals surface area contributed by atoms with E-state index in [1.807, 2.05) is 36.4 Å². The second kappa shape index (κ2) is 8.43. The molecule has 0 N–H and O–H groups in total. The Bertz CT molecular complexity index is 1110. The molecule has 1 saturated heterocycles. The summed E-state index contributed by atoms with van der Waals surface area (Å²) in [6, 6.07) is 14.5. The zero-order valence-corrected chi connectivity index (χ0v) is 17.3. The number of benzene rings is 2. The number of aromatic nitrogens is 2. The molecule has 0 saturated carbocycles. The Hall–Kier alpha value is -3.33. The molecule has 31 heavy (non-hydrogen) atoms. The summed E-state index contributed by atoms with van der Waals surface area (Å²) in [6.07, 6.45) is 0.953. The number of thioether (sulfide) groups is 1. The normalized spacial score (nSPS) is 17.7. The molecule has 1 amide bonds. The second-order valence-electron chi connectivity index (χ2n) is 7.18. The van der Waals surface area contributed by atoms with Gasteiger partial charge in [-0.2, -0.15) is 0 Å². The van der Waals surface area contributed by atoms with Crippen LogP contribution in [-0.2, 0) is 4.79 Å². The highest BCUT2D eigenvalue weighted by molar-refractivity contribution is 7.99. The van der Waals surface area contributed by atoms with Gasteiger partial charge in [-0.1, -0.05) is 23.9 Å². The van der Waals surface area contributed by atoms with Crippen LogP contribution in [0.5, 0.6) is 11.5 Å². The van der Waals surface area contributed by atoms with Gasteiger partial charge in [0.25, 0.3) is 11.1 Å². The third-order valence-corrected chi connectivity index (χ3v) is 5.93. The van der Waals surface area contributed by atoms with Gasteiger partial charge in [0.2, 0.25) is 12.0 Å². The van der Waals surface area contributed by atoms with E-state index in [2.05, 4.69) is 10.2 Å². The van der Waals surface area contributed by atoms with Gasteiger partial charge in [-0.15, -0.1) is 10.2 Å². The van der Waals surface area contributed by atoms with Crippen molar-refractivity contribution in [3.63, 3.8) is 0 Å². The number of nitrogens with zero attached hydrogens (tertiary/aromatic N) is 3. The van der Waals surface area contributed by atoms with Crippen molar-refractivity contribution in [1.82, 2.24) is 10.2 Å². The molecule has 3 aromatic rings. The fourth-order valence-corrected chi connectivity index (χ4v) is 4.17. The number of para-hydroxylation sites is 2. The summed E-state index contributed by atoms with van der Waals surface area (Å²) in [5, 5.41) is 8.33. The lowest BCUT2D eigenvalue weighted by atomic mass is 10.1. The quantitative estimate of drug-likeness (QED) is 0.426. The lowest BCUT2D eigenvalue weighted by Crippen LogP contribution is -2.23. The summed E-state index contributed by atoms with van der Waals surface area (Å²) >= 11 is 1.17. The fourth-order valence-electron chi connectivity index (χ4n) is 3.51. The third kappa shape index (κ3) is 4.13. The monoisotopic (exact) mass is 437 g/mol. The highest BCUT2D eigenvalue weighted by Gasteiger charge is 2.27. The van der Waals surface area contributed by atoms with Crippen LogP contribution in [0.4, 0.5) is 5.69 Å². The number of hydrogen-bond donors (Lipinski definition) is 0. The number of fused-ring (bicyclic) bond motifs is 1. The highest BCUT2D eigenvalue weighted by Crippen LogP contribution is 2.36. The van der Waals surface area contributed by atoms with Crippen molar-refractivity contribution in [1.29, 1.82) is 0 Å². The first-order valence-electron chi connectivity index (χ1n) is 9.96. The molecule has 1 fully saturated rings. The highest BCUT2D eigenvalue weighted by atomic mass is 32.2. The topological polar surface area (TPSA) is 94.8 Å². The first-order valence-corrected chi connectivity index (χ1v) is 10.9. The van der Waals surface area contributed by atoms with E-state index in [0.717, 1.165) is 18.7 Å². The maximum Gasteiger partial charge on any atom is 0.277 e. The minimum absolute atomic E-state index is 0.0600. The number of Topliss-reactive ketones (excluding diaryl/α,β-unsaturated/α-hetero) is 1. The molecule has 0 spiro atoms. The summed E-state index contributed by atoms with van der Waals surface area (Å²) in [6.45, 7) is 0.997. The van der Waals surface area contributed by atoms with Gasteiger partial charge in [0, 0.05) is 24.2 Å². The van der Waals surface area contributed by atoms with Gasteiger partial charge in [0.1, 0.15) is 6.61 Å². The molecule has 0 aliphatic carbocycles. The molecular formula is C22H19N3O5S. The van der Waals surface area contributed by atoms with Gasteiger partial charge in [0.05, 0.1) is 5.75 Å². The van der Waals surface area contributed by atoms with E-state index in [1.54, 1.807) is 17.0 Å². The number of ketones is 1. The van der Waals surface area contributed by atoms with Crippen LogP contribution in [0, 0.1) is 0 Å². The van der Waals surface area contributed by atoms with Crippen LogP contribution >= 0.6 is 11.8 Å². The summed E-state index contributed by atoms with van der Waals surface area (Å²) in [5.74, 6) is 1.84. The maximum absolute atomic E-state index is 12.5. The van der Waals surface area contributed by atoms with E-state index < -0.39 is 6.10 Å². The van der Waals surface area contributed by atoms with Crippen LogP contribution in [0.1, 0.15) is 35.2 Å². The zero-order valence-electron chi connectivity index (χ0n) is 16.5. The van der Waals surface area contributed by atoms with Crippen molar-refractivity contribution in [2.75, 3.05) is 23.8 Å². The van der Waals surface area contributed by atoms with Crippen LogP contribution in [0.25, 0.3) is 0 Å². The van der Waals surface area contributed by atoms with Crippen molar-refractivity contribution in [3.05, 3.63) is 60.0 Å². The molecule has 0 bridgehead atoms. The molecule has 5 rings (SSSR count). The Kier molecular flexibility index (Phi) is 5.33. The SMILES string of the molecule is O=C(CSc1nnc([C@H]2COc3ccccc3O2)o1)c1ccc(N2CCCC2=O)cc1. The fraction of sp³-hybridized carbons (Fsp3) is 0.273. The Morgan fingerprint density at radius 3 is 2.68 bits per heavy atom. The molecule has 2 aliphatic rings. The van der Waals surface area contributed by atoms with E-state index in [9.17, 15) is 9.59 Å². The van der Waals surface area contributed by atoms with E-state index in [-0.39, 0.29) is 24.1 Å². The molecular weight excluding hydrogens is 418 g/mol. The zero-order chi connectivity index (χ0) is 21.2. The minimum atomic E-state index is -0.492. The molecule has 0 radical (unpaired) electrons.